The van der Waals surface area contributed by atoms with Crippen LogP contribution in [0.3, 0.4) is 0 Å². The van der Waals surface area contributed by atoms with Crippen LogP contribution in [0, 0.1) is 0 Å². The van der Waals surface area contributed by atoms with Crippen molar-refractivity contribution < 1.29 is 13.2 Å². The van der Waals surface area contributed by atoms with Crippen LogP contribution in [0.5, 0.6) is 0 Å². The smallest absolute Gasteiger partial charge is 0.386 e. The topological polar surface area (TPSA) is 38.4 Å². The highest BCUT2D eigenvalue weighted by Gasteiger charge is 2.30. The summed E-state index contributed by atoms with van der Waals surface area (Å²) in [6, 6.07) is 12.2. The quantitative estimate of drug-likeness (QED) is 0.477. The lowest BCUT2D eigenvalue weighted by Crippen LogP contribution is -2.12. The Morgan fingerprint density at radius 1 is 1.09 bits per heavy atom. The van der Waals surface area contributed by atoms with Gasteiger partial charge in [-0.1, -0.05) is 17.8 Å². The van der Waals surface area contributed by atoms with Crippen molar-refractivity contribution in [2.75, 3.05) is 5.88 Å². The van der Waals surface area contributed by atoms with Crippen LogP contribution in [0.15, 0.2) is 63.3 Å². The maximum atomic E-state index is 12.7. The van der Waals surface area contributed by atoms with Gasteiger partial charge in [-0.2, -0.15) is 13.2 Å². The molecule has 2 aromatic rings. The Bertz CT molecular complexity index is 669. The fourth-order valence-corrected chi connectivity index (χ4v) is 2.59. The lowest BCUT2D eigenvalue weighted by atomic mass is 10.2. The van der Waals surface area contributed by atoms with E-state index in [1.165, 1.54) is 17.8 Å². The largest absolute Gasteiger partial charge is 0.416 e. The summed E-state index contributed by atoms with van der Waals surface area (Å²) in [7, 11) is 0. The number of rotatable bonds is 4. The Morgan fingerprint density at radius 2 is 1.77 bits per heavy atom. The summed E-state index contributed by atoms with van der Waals surface area (Å²) in [5.74, 6) is 0.445. The lowest BCUT2D eigenvalue weighted by molar-refractivity contribution is -0.137. The first-order chi connectivity index (χ1) is 10.4. The Kier molecular flexibility index (Phi) is 5.37. The summed E-state index contributed by atoms with van der Waals surface area (Å²) in [4.78, 5) is 5.40. The molecule has 0 saturated carbocycles. The molecule has 0 aliphatic rings. The number of halogens is 4. The third-order valence-electron chi connectivity index (χ3n) is 2.64. The minimum atomic E-state index is -4.34. The van der Waals surface area contributed by atoms with Crippen molar-refractivity contribution >= 4 is 34.9 Å². The molecule has 0 heterocycles. The highest BCUT2D eigenvalue weighted by atomic mass is 35.5. The van der Waals surface area contributed by atoms with E-state index in [2.05, 4.69) is 4.99 Å². The number of alkyl halides is 4. The molecule has 0 fully saturated rings. The Hall–Kier alpha value is -1.66. The molecule has 0 radical (unpaired) electrons. The molecule has 0 aliphatic heterocycles. The molecular weight excluding hydrogens is 333 g/mol. The maximum Gasteiger partial charge on any atom is 0.416 e. The molecule has 116 valence electrons. The number of nitrogens with two attached hydrogens (primary N) is 1. The van der Waals surface area contributed by atoms with Gasteiger partial charge < -0.3 is 5.73 Å². The molecule has 0 unspecified atom stereocenters. The van der Waals surface area contributed by atoms with Crippen LogP contribution in [-0.2, 0) is 6.18 Å². The molecule has 0 saturated heterocycles. The second kappa shape index (κ2) is 7.07. The van der Waals surface area contributed by atoms with Gasteiger partial charge in [-0.05, 0) is 42.5 Å². The third kappa shape index (κ3) is 4.68. The summed E-state index contributed by atoms with van der Waals surface area (Å²) >= 11 is 6.79. The van der Waals surface area contributed by atoms with Crippen LogP contribution in [-0.4, -0.2) is 11.7 Å². The first kappa shape index (κ1) is 16.7. The van der Waals surface area contributed by atoms with Crippen molar-refractivity contribution in [3.8, 4) is 0 Å². The van der Waals surface area contributed by atoms with E-state index >= 15 is 0 Å². The van der Waals surface area contributed by atoms with Crippen molar-refractivity contribution in [3.63, 3.8) is 0 Å². The van der Waals surface area contributed by atoms with Crippen LogP contribution in [0.25, 0.3) is 0 Å². The van der Waals surface area contributed by atoms with Gasteiger partial charge >= 0.3 is 6.18 Å². The zero-order valence-electron chi connectivity index (χ0n) is 11.3. The Labute approximate surface area is 135 Å². The van der Waals surface area contributed by atoms with Crippen LogP contribution in [0.4, 0.5) is 18.9 Å². The second-order valence-corrected chi connectivity index (χ2v) is 5.77. The van der Waals surface area contributed by atoms with Gasteiger partial charge in [-0.25, -0.2) is 4.99 Å². The standard InChI is InChI=1S/C15H12ClF3N2S/c16-9-14(20)21-11-4-6-12(7-5-11)22-13-3-1-2-10(8-13)15(17,18)19/h1-8H,9H2,(H2,20,21). The molecule has 0 amide bonds. The van der Waals surface area contributed by atoms with Crippen molar-refractivity contribution in [1.82, 2.24) is 0 Å². The summed E-state index contributed by atoms with van der Waals surface area (Å²) in [5, 5.41) is 0. The highest BCUT2D eigenvalue weighted by molar-refractivity contribution is 7.99. The first-order valence-corrected chi connectivity index (χ1v) is 7.58. The van der Waals surface area contributed by atoms with E-state index in [1.807, 2.05) is 0 Å². The summed E-state index contributed by atoms with van der Waals surface area (Å²) < 4.78 is 38.0. The predicted molar refractivity (Wildman–Crippen MR) is 84.0 cm³/mol. The highest BCUT2D eigenvalue weighted by Crippen LogP contribution is 2.34. The Balaban J connectivity index is 2.15. The molecule has 0 atom stereocenters. The molecule has 2 aromatic carbocycles. The monoisotopic (exact) mass is 344 g/mol. The van der Waals surface area contributed by atoms with Crippen molar-refractivity contribution in [1.29, 1.82) is 0 Å². The van der Waals surface area contributed by atoms with E-state index < -0.39 is 11.7 Å². The zero-order chi connectivity index (χ0) is 16.2. The van der Waals surface area contributed by atoms with Gasteiger partial charge in [0.25, 0.3) is 0 Å². The van der Waals surface area contributed by atoms with E-state index in [4.69, 9.17) is 17.3 Å². The fraction of sp³-hybridized carbons (Fsp3) is 0.133. The molecule has 0 aromatic heterocycles. The van der Waals surface area contributed by atoms with Crippen molar-refractivity contribution in [2.45, 2.75) is 16.0 Å². The van der Waals surface area contributed by atoms with E-state index in [1.54, 1.807) is 30.3 Å². The van der Waals surface area contributed by atoms with Gasteiger partial charge in [0.1, 0.15) is 5.84 Å². The molecule has 7 heteroatoms. The minimum Gasteiger partial charge on any atom is -0.386 e. The van der Waals surface area contributed by atoms with Gasteiger partial charge in [0, 0.05) is 9.79 Å². The van der Waals surface area contributed by atoms with Crippen LogP contribution in [0.1, 0.15) is 5.56 Å². The number of hydrogen-bond acceptors (Lipinski definition) is 2. The van der Waals surface area contributed by atoms with E-state index in [0.29, 0.717) is 16.4 Å². The van der Waals surface area contributed by atoms with Gasteiger partial charge in [-0.3, -0.25) is 0 Å². The molecule has 22 heavy (non-hydrogen) atoms. The third-order valence-corrected chi connectivity index (χ3v) is 3.91. The van der Waals surface area contributed by atoms with E-state index in [-0.39, 0.29) is 5.88 Å². The SMILES string of the molecule is NC(CCl)=Nc1ccc(Sc2cccc(C(F)(F)F)c2)cc1. The molecule has 0 bridgehead atoms. The van der Waals surface area contributed by atoms with Crippen LogP contribution < -0.4 is 5.73 Å². The normalized spacial score (nSPS) is 12.5. The average molecular weight is 345 g/mol. The number of nitrogens with zero attached hydrogens (tertiary/aromatic N) is 1. The number of benzene rings is 2. The summed E-state index contributed by atoms with van der Waals surface area (Å²) in [6.07, 6.45) is -4.34. The fourth-order valence-electron chi connectivity index (χ4n) is 1.66. The van der Waals surface area contributed by atoms with Crippen molar-refractivity contribution in [3.05, 3.63) is 54.1 Å². The first-order valence-electron chi connectivity index (χ1n) is 6.22. The second-order valence-electron chi connectivity index (χ2n) is 4.36. The summed E-state index contributed by atoms with van der Waals surface area (Å²) in [6.45, 7) is 0. The number of hydrogen-bond donors (Lipinski definition) is 1. The minimum absolute atomic E-state index is 0.140. The summed E-state index contributed by atoms with van der Waals surface area (Å²) in [5.41, 5.74) is 5.52. The van der Waals surface area contributed by atoms with Crippen LogP contribution >= 0.6 is 23.4 Å². The average Bonchev–Trinajstić information content (AvgIpc) is 2.48. The lowest BCUT2D eigenvalue weighted by Gasteiger charge is -2.08. The molecule has 0 aliphatic carbocycles. The Morgan fingerprint density at radius 3 is 2.36 bits per heavy atom. The van der Waals surface area contributed by atoms with Gasteiger partial charge in [0.15, 0.2) is 0 Å². The van der Waals surface area contributed by atoms with Gasteiger partial charge in [0.05, 0.1) is 17.1 Å². The van der Waals surface area contributed by atoms with Crippen LogP contribution in [0.2, 0.25) is 0 Å². The molecule has 0 spiro atoms. The number of aliphatic imine (C=N–C) groups is 1. The van der Waals surface area contributed by atoms with Gasteiger partial charge in [0.2, 0.25) is 0 Å². The van der Waals surface area contributed by atoms with E-state index in [9.17, 15) is 13.2 Å². The van der Waals surface area contributed by atoms with Crippen molar-refractivity contribution in [2.24, 2.45) is 10.7 Å². The van der Waals surface area contributed by atoms with E-state index in [0.717, 1.165) is 17.0 Å². The molecule has 2 N–H and O–H groups in total. The predicted octanol–water partition coefficient (Wildman–Crippen LogP) is 5.08. The van der Waals surface area contributed by atoms with Gasteiger partial charge in [-0.15, -0.1) is 11.6 Å². The molecular formula is C15H12ClF3N2S. The molecule has 2 nitrogen and oxygen atoms in total. The number of amidine groups is 1. The maximum absolute atomic E-state index is 12.7. The zero-order valence-corrected chi connectivity index (χ0v) is 12.8. The molecule has 2 rings (SSSR count).